The highest BCUT2D eigenvalue weighted by Gasteiger charge is 2.44. The molecule has 3 aliphatic heterocycles. The van der Waals surface area contributed by atoms with Crippen LogP contribution < -0.4 is 10.1 Å². The predicted molar refractivity (Wildman–Crippen MR) is 116 cm³/mol. The Hall–Kier alpha value is -2.61. The molecule has 2 N–H and O–H groups in total. The highest BCUT2D eigenvalue weighted by molar-refractivity contribution is 5.98. The van der Waals surface area contributed by atoms with Gasteiger partial charge in [-0.15, -0.1) is 0 Å². The van der Waals surface area contributed by atoms with Gasteiger partial charge in [0.25, 0.3) is 5.91 Å². The minimum atomic E-state index is -0.928. The minimum Gasteiger partial charge on any atom is -0.467 e. The van der Waals surface area contributed by atoms with Crippen molar-refractivity contribution in [3.63, 3.8) is 0 Å². The van der Waals surface area contributed by atoms with Gasteiger partial charge in [-0.2, -0.15) is 0 Å². The fourth-order valence-corrected chi connectivity index (χ4v) is 5.87. The molecule has 3 fully saturated rings. The van der Waals surface area contributed by atoms with Gasteiger partial charge in [-0.05, 0) is 31.4 Å². The van der Waals surface area contributed by atoms with Crippen LogP contribution in [0.4, 0.5) is 0 Å². The molecule has 3 amide bonds. The lowest BCUT2D eigenvalue weighted by Gasteiger charge is -2.46. The normalized spacial score (nSPS) is 32.5. The highest BCUT2D eigenvalue weighted by atomic mass is 16.5. The summed E-state index contributed by atoms with van der Waals surface area (Å²) in [6.07, 6.45) is 5.32. The van der Waals surface area contributed by atoms with Gasteiger partial charge in [0.15, 0.2) is 5.72 Å². The number of benzene rings is 1. The average molecular weight is 442 g/mol. The van der Waals surface area contributed by atoms with Crippen LogP contribution in [-0.4, -0.2) is 70.1 Å². The lowest BCUT2D eigenvalue weighted by atomic mass is 9.76. The lowest BCUT2D eigenvalue weighted by Crippen LogP contribution is -2.57. The number of amides is 3. The third kappa shape index (κ3) is 3.85. The molecule has 0 radical (unpaired) electrons. The van der Waals surface area contributed by atoms with Crippen molar-refractivity contribution >= 4 is 17.7 Å². The van der Waals surface area contributed by atoms with E-state index in [1.165, 1.54) is 0 Å². The molecule has 2 saturated heterocycles. The molecule has 1 aromatic carbocycles. The summed E-state index contributed by atoms with van der Waals surface area (Å²) in [4.78, 5) is 42.2. The van der Waals surface area contributed by atoms with Crippen LogP contribution in [-0.2, 0) is 9.59 Å². The third-order valence-electron chi connectivity index (χ3n) is 7.65. The first-order valence-corrected chi connectivity index (χ1v) is 11.8. The Kier molecular flexibility index (Phi) is 5.57. The van der Waals surface area contributed by atoms with Gasteiger partial charge in [0.05, 0.1) is 18.2 Å². The Bertz CT molecular complexity index is 921. The van der Waals surface area contributed by atoms with E-state index in [0.29, 0.717) is 43.7 Å². The number of nitrogens with zero attached hydrogens (tertiary/aromatic N) is 2. The quantitative estimate of drug-likeness (QED) is 0.727. The molecular formula is C24H31N3O5. The molecule has 0 aromatic heterocycles. The zero-order chi connectivity index (χ0) is 22.3. The maximum Gasteiger partial charge on any atom is 0.258 e. The van der Waals surface area contributed by atoms with Crippen molar-refractivity contribution in [2.24, 2.45) is 5.92 Å². The molecule has 1 aromatic rings. The zero-order valence-corrected chi connectivity index (χ0v) is 18.3. The maximum atomic E-state index is 13.2. The number of ether oxygens (including phenoxy) is 1. The van der Waals surface area contributed by atoms with Crippen molar-refractivity contribution in [1.82, 2.24) is 15.1 Å². The number of rotatable bonds is 2. The maximum absolute atomic E-state index is 13.2. The van der Waals surface area contributed by atoms with E-state index in [0.717, 1.165) is 25.7 Å². The van der Waals surface area contributed by atoms with Crippen LogP contribution in [0.15, 0.2) is 24.3 Å². The van der Waals surface area contributed by atoms with Gasteiger partial charge in [0.2, 0.25) is 11.8 Å². The predicted octanol–water partition coefficient (Wildman–Crippen LogP) is 1.67. The van der Waals surface area contributed by atoms with E-state index in [4.69, 9.17) is 4.74 Å². The Balaban J connectivity index is 1.26. The summed E-state index contributed by atoms with van der Waals surface area (Å²) in [5, 5.41) is 13.4. The van der Waals surface area contributed by atoms with Gasteiger partial charge in [-0.1, -0.05) is 25.0 Å². The van der Waals surface area contributed by atoms with Crippen LogP contribution in [0.25, 0.3) is 0 Å². The van der Waals surface area contributed by atoms with E-state index in [2.05, 4.69) is 5.32 Å². The number of aliphatic hydroxyl groups is 1. The number of piperidine rings is 1. The van der Waals surface area contributed by atoms with E-state index in [-0.39, 0.29) is 48.8 Å². The Labute approximate surface area is 187 Å². The molecule has 4 aliphatic rings. The summed E-state index contributed by atoms with van der Waals surface area (Å²) >= 11 is 0. The van der Waals surface area contributed by atoms with Gasteiger partial charge in [-0.25, -0.2) is 0 Å². The van der Waals surface area contributed by atoms with Crippen LogP contribution in [0.3, 0.4) is 0 Å². The molecule has 1 aliphatic carbocycles. The second-order valence-corrected chi connectivity index (χ2v) is 9.57. The number of para-hydroxylation sites is 1. The van der Waals surface area contributed by atoms with Gasteiger partial charge >= 0.3 is 0 Å². The Morgan fingerprint density at radius 3 is 2.81 bits per heavy atom. The first kappa shape index (κ1) is 21.2. The first-order chi connectivity index (χ1) is 15.5. The smallest absolute Gasteiger partial charge is 0.258 e. The van der Waals surface area contributed by atoms with Crippen LogP contribution >= 0.6 is 0 Å². The van der Waals surface area contributed by atoms with E-state index in [1.54, 1.807) is 23.1 Å². The second-order valence-electron chi connectivity index (χ2n) is 9.57. The second kappa shape index (κ2) is 8.39. The number of nitrogens with one attached hydrogen (secondary N) is 1. The SMILES string of the molecule is O=C1N[C@]2(CCC(=O)N(CC(=O)N3CC[C@H](O)[C@H]4CCCC[C@@H]43)CC2)Oc2ccccc21. The van der Waals surface area contributed by atoms with Crippen molar-refractivity contribution in [2.75, 3.05) is 19.6 Å². The molecule has 172 valence electrons. The third-order valence-corrected chi connectivity index (χ3v) is 7.65. The summed E-state index contributed by atoms with van der Waals surface area (Å²) in [5.41, 5.74) is -0.433. The zero-order valence-electron chi connectivity index (χ0n) is 18.3. The number of aliphatic hydroxyl groups excluding tert-OH is 1. The number of fused-ring (bicyclic) bond motifs is 2. The molecule has 4 atom stereocenters. The number of carbonyl (C=O) groups excluding carboxylic acids is 3. The molecule has 1 spiro atoms. The molecule has 8 nitrogen and oxygen atoms in total. The van der Waals surface area contributed by atoms with E-state index >= 15 is 0 Å². The molecular weight excluding hydrogens is 410 g/mol. The van der Waals surface area contributed by atoms with Gasteiger partial charge in [0.1, 0.15) is 5.75 Å². The van der Waals surface area contributed by atoms with Crippen LogP contribution in [0.1, 0.15) is 61.7 Å². The summed E-state index contributed by atoms with van der Waals surface area (Å²) in [5.74, 6) is 0.346. The molecule has 8 heteroatoms. The molecule has 32 heavy (non-hydrogen) atoms. The molecule has 3 heterocycles. The molecule has 1 saturated carbocycles. The summed E-state index contributed by atoms with van der Waals surface area (Å²) in [6, 6.07) is 7.19. The first-order valence-electron chi connectivity index (χ1n) is 11.8. The van der Waals surface area contributed by atoms with Crippen molar-refractivity contribution in [3.8, 4) is 5.75 Å². The topological polar surface area (TPSA) is 99.2 Å². The van der Waals surface area contributed by atoms with Crippen molar-refractivity contribution in [2.45, 2.75) is 69.2 Å². The highest BCUT2D eigenvalue weighted by Crippen LogP contribution is 2.36. The van der Waals surface area contributed by atoms with Crippen LogP contribution in [0.5, 0.6) is 5.75 Å². The standard InChI is InChI=1S/C24H31N3O5/c28-19-10-13-27(18-7-3-1-5-16(18)19)22(30)15-26-14-12-24(11-9-21(26)29)25-23(31)17-6-2-4-8-20(17)32-24/h2,4,6,8,16,18-19,28H,1,3,5,7,9-15H2,(H,25,31)/t16-,18-,19-,24+/m0/s1. The number of hydrogen-bond acceptors (Lipinski definition) is 5. The number of carbonyl (C=O) groups is 3. The summed E-state index contributed by atoms with van der Waals surface area (Å²) < 4.78 is 6.18. The van der Waals surface area contributed by atoms with Gasteiger partial charge < -0.3 is 25.0 Å². The average Bonchev–Trinajstić information content (AvgIpc) is 2.94. The van der Waals surface area contributed by atoms with Crippen molar-refractivity contribution in [3.05, 3.63) is 29.8 Å². The minimum absolute atomic E-state index is 0.0404. The largest absolute Gasteiger partial charge is 0.467 e. The molecule has 5 rings (SSSR count). The molecule has 0 unspecified atom stereocenters. The number of hydrogen-bond donors (Lipinski definition) is 2. The monoisotopic (exact) mass is 441 g/mol. The van der Waals surface area contributed by atoms with Crippen LogP contribution in [0, 0.1) is 5.92 Å². The van der Waals surface area contributed by atoms with E-state index < -0.39 is 5.72 Å². The van der Waals surface area contributed by atoms with Crippen molar-refractivity contribution in [1.29, 1.82) is 0 Å². The number of likely N-dealkylation sites (tertiary alicyclic amines) is 2. The Morgan fingerprint density at radius 2 is 1.94 bits per heavy atom. The van der Waals surface area contributed by atoms with Crippen molar-refractivity contribution < 1.29 is 24.2 Å². The summed E-state index contributed by atoms with van der Waals surface area (Å²) in [7, 11) is 0. The fourth-order valence-electron chi connectivity index (χ4n) is 5.87. The van der Waals surface area contributed by atoms with Gasteiger partial charge in [0, 0.05) is 44.3 Å². The molecule has 0 bridgehead atoms. The Morgan fingerprint density at radius 1 is 1.12 bits per heavy atom. The summed E-state index contributed by atoms with van der Waals surface area (Å²) in [6.45, 7) is 0.930. The van der Waals surface area contributed by atoms with E-state index in [9.17, 15) is 19.5 Å². The van der Waals surface area contributed by atoms with Crippen LogP contribution in [0.2, 0.25) is 0 Å². The lowest BCUT2D eigenvalue weighted by molar-refractivity contribution is -0.147. The fraction of sp³-hybridized carbons (Fsp3) is 0.625. The van der Waals surface area contributed by atoms with E-state index in [1.807, 2.05) is 11.0 Å². The van der Waals surface area contributed by atoms with Gasteiger partial charge in [-0.3, -0.25) is 14.4 Å².